The van der Waals surface area contributed by atoms with Gasteiger partial charge in [-0.1, -0.05) is 6.07 Å². The molecule has 0 fully saturated rings. The molecule has 0 bridgehead atoms. The van der Waals surface area contributed by atoms with Gasteiger partial charge in [-0.15, -0.1) is 0 Å². The second-order valence-electron chi connectivity index (χ2n) is 3.88. The van der Waals surface area contributed by atoms with Crippen LogP contribution in [0, 0.1) is 0 Å². The minimum Gasteiger partial charge on any atom is -0.484 e. The van der Waals surface area contributed by atoms with Crippen molar-refractivity contribution < 1.29 is 4.74 Å². The second-order valence-corrected chi connectivity index (χ2v) is 4.74. The Hall–Kier alpha value is -1.40. The highest BCUT2D eigenvalue weighted by molar-refractivity contribution is 9.10. The molecule has 0 saturated carbocycles. The van der Waals surface area contributed by atoms with Crippen molar-refractivity contribution in [1.82, 2.24) is 20.1 Å². The van der Waals surface area contributed by atoms with E-state index in [9.17, 15) is 0 Å². The van der Waals surface area contributed by atoms with Crippen LogP contribution < -0.4 is 10.1 Å². The third kappa shape index (κ3) is 3.08. The van der Waals surface area contributed by atoms with Gasteiger partial charge in [0.1, 0.15) is 18.7 Å². The Balaban J connectivity index is 2.03. The molecule has 6 heteroatoms. The zero-order valence-corrected chi connectivity index (χ0v) is 11.9. The highest BCUT2D eigenvalue weighted by Crippen LogP contribution is 2.26. The van der Waals surface area contributed by atoms with Crippen LogP contribution in [0.5, 0.6) is 5.75 Å². The van der Waals surface area contributed by atoms with Gasteiger partial charge in [-0.25, -0.2) is 4.98 Å². The van der Waals surface area contributed by atoms with Gasteiger partial charge in [-0.3, -0.25) is 4.68 Å². The topological polar surface area (TPSA) is 52.0 Å². The van der Waals surface area contributed by atoms with Crippen molar-refractivity contribution in [2.75, 3.05) is 7.05 Å². The maximum Gasteiger partial charge on any atom is 0.164 e. The number of nitrogens with one attached hydrogen (secondary N) is 1. The quantitative estimate of drug-likeness (QED) is 0.916. The number of nitrogens with zero attached hydrogens (tertiary/aromatic N) is 3. The molecule has 2 aromatic rings. The maximum absolute atomic E-state index is 5.70. The Labute approximate surface area is 114 Å². The van der Waals surface area contributed by atoms with Crippen LogP contribution in [-0.2, 0) is 20.2 Å². The molecule has 0 aliphatic carbocycles. The maximum atomic E-state index is 5.70. The number of benzene rings is 1. The number of ether oxygens (including phenoxy) is 1. The fraction of sp³-hybridized carbons (Fsp3) is 0.333. The number of hydrogen-bond acceptors (Lipinski definition) is 4. The average Bonchev–Trinajstić information content (AvgIpc) is 2.74. The minimum atomic E-state index is 0.403. The summed E-state index contributed by atoms with van der Waals surface area (Å²) in [6.45, 7) is 1.24. The summed E-state index contributed by atoms with van der Waals surface area (Å²) in [5.74, 6) is 1.60. The van der Waals surface area contributed by atoms with Gasteiger partial charge in [-0.2, -0.15) is 5.10 Å². The summed E-state index contributed by atoms with van der Waals surface area (Å²) in [6, 6.07) is 6.03. The van der Waals surface area contributed by atoms with Gasteiger partial charge in [0.2, 0.25) is 0 Å². The molecule has 2 rings (SSSR count). The third-order valence-electron chi connectivity index (χ3n) is 2.54. The van der Waals surface area contributed by atoms with E-state index in [1.165, 1.54) is 11.9 Å². The summed E-state index contributed by atoms with van der Waals surface area (Å²) in [4.78, 5) is 4.11. The van der Waals surface area contributed by atoms with Crippen molar-refractivity contribution >= 4 is 15.9 Å². The SMILES string of the molecule is CNCc1ccc(OCc2ncnn2C)c(Br)c1. The zero-order chi connectivity index (χ0) is 13.0. The van der Waals surface area contributed by atoms with E-state index in [1.54, 1.807) is 4.68 Å². The summed E-state index contributed by atoms with van der Waals surface area (Å²) in [7, 11) is 3.77. The first kappa shape index (κ1) is 13.0. The lowest BCUT2D eigenvalue weighted by Gasteiger charge is -2.09. The van der Waals surface area contributed by atoms with Gasteiger partial charge in [0.25, 0.3) is 0 Å². The van der Waals surface area contributed by atoms with Crippen molar-refractivity contribution in [3.63, 3.8) is 0 Å². The van der Waals surface area contributed by atoms with Crippen molar-refractivity contribution in [3.05, 3.63) is 40.4 Å². The van der Waals surface area contributed by atoms with Crippen LogP contribution in [0.4, 0.5) is 0 Å². The second kappa shape index (κ2) is 5.97. The van der Waals surface area contributed by atoms with E-state index in [4.69, 9.17) is 4.74 Å². The molecule has 0 saturated heterocycles. The minimum absolute atomic E-state index is 0.403. The van der Waals surface area contributed by atoms with Crippen molar-refractivity contribution in [3.8, 4) is 5.75 Å². The van der Waals surface area contributed by atoms with Gasteiger partial charge in [0.05, 0.1) is 4.47 Å². The first-order valence-electron chi connectivity index (χ1n) is 5.59. The van der Waals surface area contributed by atoms with Gasteiger partial charge in [0.15, 0.2) is 5.82 Å². The first-order chi connectivity index (χ1) is 8.70. The molecule has 0 amide bonds. The molecule has 1 heterocycles. The zero-order valence-electron chi connectivity index (χ0n) is 10.4. The van der Waals surface area contributed by atoms with E-state index in [1.807, 2.05) is 32.3 Å². The number of halogens is 1. The molecule has 0 aliphatic rings. The fourth-order valence-corrected chi connectivity index (χ4v) is 2.11. The number of aromatic nitrogens is 3. The lowest BCUT2D eigenvalue weighted by atomic mass is 10.2. The summed E-state index contributed by atoms with van der Waals surface area (Å²) < 4.78 is 8.34. The Morgan fingerprint density at radius 3 is 2.89 bits per heavy atom. The molecule has 0 atom stereocenters. The summed E-state index contributed by atoms with van der Waals surface area (Å²) >= 11 is 3.50. The Morgan fingerprint density at radius 1 is 1.44 bits per heavy atom. The van der Waals surface area contributed by atoms with E-state index in [0.29, 0.717) is 6.61 Å². The van der Waals surface area contributed by atoms with Gasteiger partial charge in [0, 0.05) is 13.6 Å². The van der Waals surface area contributed by atoms with Gasteiger partial charge < -0.3 is 10.1 Å². The smallest absolute Gasteiger partial charge is 0.164 e. The van der Waals surface area contributed by atoms with Crippen molar-refractivity contribution in [2.24, 2.45) is 7.05 Å². The fourth-order valence-electron chi connectivity index (χ4n) is 1.57. The van der Waals surface area contributed by atoms with E-state index < -0.39 is 0 Å². The monoisotopic (exact) mass is 310 g/mol. The van der Waals surface area contributed by atoms with Crippen LogP contribution >= 0.6 is 15.9 Å². The first-order valence-corrected chi connectivity index (χ1v) is 6.38. The Bertz CT molecular complexity index is 527. The average molecular weight is 311 g/mol. The highest BCUT2D eigenvalue weighted by Gasteiger charge is 2.05. The van der Waals surface area contributed by atoms with E-state index >= 15 is 0 Å². The Morgan fingerprint density at radius 2 is 2.28 bits per heavy atom. The molecule has 1 aromatic heterocycles. The predicted octanol–water partition coefficient (Wildman–Crippen LogP) is 1.88. The summed E-state index contributed by atoms with van der Waals surface area (Å²) in [5.41, 5.74) is 1.20. The van der Waals surface area contributed by atoms with Crippen LogP contribution in [-0.4, -0.2) is 21.8 Å². The lowest BCUT2D eigenvalue weighted by Crippen LogP contribution is -2.06. The molecule has 0 aliphatic heterocycles. The normalized spacial score (nSPS) is 10.6. The van der Waals surface area contributed by atoms with Crippen LogP contribution in [0.3, 0.4) is 0 Å². The van der Waals surface area contributed by atoms with Crippen LogP contribution in [0.1, 0.15) is 11.4 Å². The standard InChI is InChI=1S/C12H15BrN4O/c1-14-6-9-3-4-11(10(13)5-9)18-7-12-15-8-16-17(12)2/h3-5,8,14H,6-7H2,1-2H3. The summed E-state index contributed by atoms with van der Waals surface area (Å²) in [6.07, 6.45) is 1.52. The molecule has 1 N–H and O–H groups in total. The largest absolute Gasteiger partial charge is 0.484 e. The highest BCUT2D eigenvalue weighted by atomic mass is 79.9. The lowest BCUT2D eigenvalue weighted by molar-refractivity contribution is 0.288. The molecular formula is C12H15BrN4O. The van der Waals surface area contributed by atoms with E-state index in [-0.39, 0.29) is 0 Å². The summed E-state index contributed by atoms with van der Waals surface area (Å²) in [5, 5.41) is 7.10. The molecule has 5 nitrogen and oxygen atoms in total. The third-order valence-corrected chi connectivity index (χ3v) is 3.16. The molecule has 18 heavy (non-hydrogen) atoms. The van der Waals surface area contributed by atoms with Crippen LogP contribution in [0.25, 0.3) is 0 Å². The number of hydrogen-bond donors (Lipinski definition) is 1. The number of rotatable bonds is 5. The van der Waals surface area contributed by atoms with Crippen molar-refractivity contribution in [2.45, 2.75) is 13.2 Å². The van der Waals surface area contributed by atoms with Crippen molar-refractivity contribution in [1.29, 1.82) is 0 Å². The predicted molar refractivity (Wildman–Crippen MR) is 72.2 cm³/mol. The molecule has 1 aromatic carbocycles. The Kier molecular flexibility index (Phi) is 4.33. The molecule has 96 valence electrons. The van der Waals surface area contributed by atoms with E-state index in [2.05, 4.69) is 31.3 Å². The molecule has 0 radical (unpaired) electrons. The molecule has 0 unspecified atom stereocenters. The van der Waals surface area contributed by atoms with Gasteiger partial charge >= 0.3 is 0 Å². The molecular weight excluding hydrogens is 296 g/mol. The van der Waals surface area contributed by atoms with E-state index in [0.717, 1.165) is 22.6 Å². The number of aryl methyl sites for hydroxylation is 1. The van der Waals surface area contributed by atoms with Crippen LogP contribution in [0.15, 0.2) is 29.0 Å². The van der Waals surface area contributed by atoms with Crippen LogP contribution in [0.2, 0.25) is 0 Å². The van der Waals surface area contributed by atoms with Gasteiger partial charge in [-0.05, 0) is 40.7 Å². The molecule has 0 spiro atoms.